The largest absolute Gasteiger partial charge is 0.416 e. The molecule has 0 N–H and O–H groups in total. The average Bonchev–Trinajstić information content (AvgIpc) is 3.04. The molecular weight excluding hydrogens is 377 g/mol. The van der Waals surface area contributed by atoms with Gasteiger partial charge >= 0.3 is 6.18 Å². The summed E-state index contributed by atoms with van der Waals surface area (Å²) >= 11 is 0. The van der Waals surface area contributed by atoms with Crippen LogP contribution in [0.25, 0.3) is 22.6 Å². The van der Waals surface area contributed by atoms with Crippen LogP contribution < -0.4 is 0 Å². The Morgan fingerprint density at radius 3 is 2.38 bits per heavy atom. The van der Waals surface area contributed by atoms with Gasteiger partial charge in [0.2, 0.25) is 5.91 Å². The van der Waals surface area contributed by atoms with Gasteiger partial charge in [-0.1, -0.05) is 36.8 Å². The summed E-state index contributed by atoms with van der Waals surface area (Å²) in [6.07, 6.45) is 1.58. The fraction of sp³-hybridized carbons (Fsp3) is 0.217. The maximum absolute atomic E-state index is 12.8. The van der Waals surface area contributed by atoms with Crippen LogP contribution in [0.4, 0.5) is 13.2 Å². The first-order valence-electron chi connectivity index (χ1n) is 9.32. The average molecular weight is 394 g/mol. The third kappa shape index (κ3) is 3.56. The van der Waals surface area contributed by atoms with E-state index in [1.54, 1.807) is 16.8 Å². The lowest BCUT2D eigenvalue weighted by Gasteiger charge is -2.24. The highest BCUT2D eigenvalue weighted by molar-refractivity contribution is 6.05. The number of hydrogen-bond donors (Lipinski definition) is 0. The maximum atomic E-state index is 12.8. The first-order valence-corrected chi connectivity index (χ1v) is 9.32. The van der Waals surface area contributed by atoms with Crippen molar-refractivity contribution in [2.24, 2.45) is 5.92 Å². The number of benzene rings is 2. The van der Waals surface area contributed by atoms with Crippen molar-refractivity contribution in [3.05, 3.63) is 71.4 Å². The predicted molar refractivity (Wildman–Crippen MR) is 105 cm³/mol. The highest BCUT2D eigenvalue weighted by Crippen LogP contribution is 2.34. The molecule has 0 amide bonds. The Hall–Kier alpha value is -3.33. The minimum Gasteiger partial charge on any atom is -0.286 e. The number of nitrogens with zero attached hydrogens (tertiary/aromatic N) is 2. The zero-order valence-corrected chi connectivity index (χ0v) is 15.4. The van der Waals surface area contributed by atoms with Crippen molar-refractivity contribution in [2.75, 3.05) is 0 Å². The van der Waals surface area contributed by atoms with Gasteiger partial charge in [0, 0.05) is 23.1 Å². The van der Waals surface area contributed by atoms with Crippen LogP contribution in [0.1, 0.15) is 40.7 Å². The summed E-state index contributed by atoms with van der Waals surface area (Å²) in [5.74, 6) is 0.0219. The Morgan fingerprint density at radius 1 is 1.10 bits per heavy atom. The molecule has 4 rings (SSSR count). The summed E-state index contributed by atoms with van der Waals surface area (Å²) in [5.41, 5.74) is 1.36. The molecule has 1 heterocycles. The van der Waals surface area contributed by atoms with Crippen molar-refractivity contribution < 1.29 is 18.0 Å². The molecule has 1 fully saturated rings. The lowest BCUT2D eigenvalue weighted by atomic mass is 9.85. The number of allylic oxidation sites excluding steroid dienone is 1. The molecule has 0 radical (unpaired) electrons. The van der Waals surface area contributed by atoms with Gasteiger partial charge in [-0.2, -0.15) is 18.4 Å². The Morgan fingerprint density at radius 2 is 1.79 bits per heavy atom. The van der Waals surface area contributed by atoms with E-state index in [1.807, 2.05) is 24.3 Å². The number of rotatable bonds is 3. The third-order valence-corrected chi connectivity index (χ3v) is 5.36. The molecule has 0 atom stereocenters. The lowest BCUT2D eigenvalue weighted by molar-refractivity contribution is -0.137. The zero-order valence-electron chi connectivity index (χ0n) is 15.4. The molecular formula is C23H17F3N2O. The standard InChI is InChI=1S/C23H17F3N2O/c24-23(25,26)18-10-8-15(9-11-18)12-17(13-27)20-14-28(22(29)16-4-3-5-16)21-7-2-1-6-19(20)21/h1-2,6-12,14,16H,3-5H2/b17-12+. The fourth-order valence-electron chi connectivity index (χ4n) is 3.53. The molecule has 3 aromatic rings. The van der Waals surface area contributed by atoms with Gasteiger partial charge < -0.3 is 0 Å². The Kier molecular flexibility index (Phi) is 4.75. The van der Waals surface area contributed by atoms with Crippen molar-refractivity contribution >= 4 is 28.5 Å². The molecule has 3 nitrogen and oxygen atoms in total. The first-order chi connectivity index (χ1) is 13.9. The van der Waals surface area contributed by atoms with Crippen LogP contribution in [0, 0.1) is 17.2 Å². The van der Waals surface area contributed by atoms with Gasteiger partial charge in [0.25, 0.3) is 0 Å². The summed E-state index contributed by atoms with van der Waals surface area (Å²) in [5, 5.41) is 10.5. The van der Waals surface area contributed by atoms with Crippen LogP contribution in [-0.4, -0.2) is 10.5 Å². The van der Waals surface area contributed by atoms with Crippen LogP contribution in [0.2, 0.25) is 0 Å². The molecule has 6 heteroatoms. The molecule has 1 aliphatic rings. The van der Waals surface area contributed by atoms with E-state index in [0.29, 0.717) is 16.7 Å². The lowest BCUT2D eigenvalue weighted by Crippen LogP contribution is -2.26. The molecule has 0 bridgehead atoms. The number of alkyl halides is 3. The smallest absolute Gasteiger partial charge is 0.286 e. The van der Waals surface area contributed by atoms with Gasteiger partial charge in [-0.25, -0.2) is 0 Å². The van der Waals surface area contributed by atoms with Crippen molar-refractivity contribution in [3.63, 3.8) is 0 Å². The minimum atomic E-state index is -4.41. The highest BCUT2D eigenvalue weighted by atomic mass is 19.4. The van der Waals surface area contributed by atoms with Gasteiger partial charge in [0.15, 0.2) is 0 Å². The molecule has 146 valence electrons. The van der Waals surface area contributed by atoms with E-state index in [1.165, 1.54) is 12.1 Å². The number of aromatic nitrogens is 1. The van der Waals surface area contributed by atoms with Gasteiger partial charge in [-0.15, -0.1) is 0 Å². The molecule has 1 saturated carbocycles. The van der Waals surface area contributed by atoms with Gasteiger partial charge in [-0.05, 0) is 42.7 Å². The summed E-state index contributed by atoms with van der Waals surface area (Å²) < 4.78 is 39.9. The van der Waals surface area contributed by atoms with E-state index < -0.39 is 11.7 Å². The zero-order chi connectivity index (χ0) is 20.6. The normalized spacial score (nSPS) is 15.2. The fourth-order valence-corrected chi connectivity index (χ4v) is 3.53. The number of fused-ring (bicyclic) bond motifs is 1. The number of halogens is 3. The molecule has 0 saturated heterocycles. The van der Waals surface area contributed by atoms with E-state index in [2.05, 4.69) is 6.07 Å². The number of para-hydroxylation sites is 1. The van der Waals surface area contributed by atoms with Crippen molar-refractivity contribution in [2.45, 2.75) is 25.4 Å². The van der Waals surface area contributed by atoms with Crippen LogP contribution in [0.15, 0.2) is 54.7 Å². The Balaban J connectivity index is 1.77. The SMILES string of the molecule is N#C/C(=C\c1ccc(C(F)(F)F)cc1)c1cn(C(=O)C2CCC2)c2ccccc12. The molecule has 0 spiro atoms. The molecule has 29 heavy (non-hydrogen) atoms. The van der Waals surface area contributed by atoms with Crippen LogP contribution >= 0.6 is 0 Å². The van der Waals surface area contributed by atoms with E-state index >= 15 is 0 Å². The van der Waals surface area contributed by atoms with Crippen LogP contribution in [0.3, 0.4) is 0 Å². The second-order valence-electron chi connectivity index (χ2n) is 7.19. The third-order valence-electron chi connectivity index (χ3n) is 5.36. The predicted octanol–water partition coefficient (Wildman–Crippen LogP) is 6.16. The number of carbonyl (C=O) groups is 1. The molecule has 1 aromatic heterocycles. The Bertz CT molecular complexity index is 1140. The van der Waals surface area contributed by atoms with Gasteiger partial charge in [-0.3, -0.25) is 9.36 Å². The monoisotopic (exact) mass is 394 g/mol. The number of carbonyl (C=O) groups excluding carboxylic acids is 1. The topological polar surface area (TPSA) is 45.8 Å². The summed E-state index contributed by atoms with van der Waals surface area (Å²) in [4.78, 5) is 12.8. The van der Waals surface area contributed by atoms with Crippen molar-refractivity contribution in [1.29, 1.82) is 5.26 Å². The van der Waals surface area contributed by atoms with E-state index in [-0.39, 0.29) is 11.8 Å². The summed E-state index contributed by atoms with van der Waals surface area (Å²) in [6, 6.07) is 14.1. The van der Waals surface area contributed by atoms with E-state index in [4.69, 9.17) is 0 Å². The quantitative estimate of drug-likeness (QED) is 0.499. The second-order valence-corrected chi connectivity index (χ2v) is 7.19. The summed E-state index contributed by atoms with van der Waals surface area (Å²) in [6.45, 7) is 0. The van der Waals surface area contributed by atoms with Crippen LogP contribution in [-0.2, 0) is 6.18 Å². The first kappa shape index (κ1) is 19.0. The molecule has 2 aromatic carbocycles. The van der Waals surface area contributed by atoms with Crippen molar-refractivity contribution in [3.8, 4) is 6.07 Å². The van der Waals surface area contributed by atoms with Crippen molar-refractivity contribution in [1.82, 2.24) is 4.57 Å². The summed E-state index contributed by atoms with van der Waals surface area (Å²) in [7, 11) is 0. The Labute approximate surface area is 165 Å². The maximum Gasteiger partial charge on any atom is 0.416 e. The van der Waals surface area contributed by atoms with E-state index in [9.17, 15) is 23.2 Å². The number of nitriles is 1. The van der Waals surface area contributed by atoms with Gasteiger partial charge in [0.1, 0.15) is 0 Å². The molecule has 0 unspecified atom stereocenters. The van der Waals surface area contributed by atoms with Crippen LogP contribution in [0.5, 0.6) is 0 Å². The van der Waals surface area contributed by atoms with E-state index in [0.717, 1.165) is 42.3 Å². The van der Waals surface area contributed by atoms with Gasteiger partial charge in [0.05, 0.1) is 22.7 Å². The molecule has 0 aliphatic heterocycles. The minimum absolute atomic E-state index is 0.00286. The molecule has 1 aliphatic carbocycles. The second kappa shape index (κ2) is 7.25. The highest BCUT2D eigenvalue weighted by Gasteiger charge is 2.30. The number of hydrogen-bond acceptors (Lipinski definition) is 2.